The third-order valence-electron chi connectivity index (χ3n) is 1.58. The van der Waals surface area contributed by atoms with Crippen LogP contribution in [0, 0.1) is 0 Å². The second-order valence-corrected chi connectivity index (χ2v) is 2.57. The molecule has 1 aliphatic carbocycles. The van der Waals surface area contributed by atoms with Crippen molar-refractivity contribution < 1.29 is 4.79 Å². The number of carbonyl (C=O) groups excluding carboxylic acids is 1. The van der Waals surface area contributed by atoms with Gasteiger partial charge in [-0.3, -0.25) is 4.79 Å². The fourth-order valence-electron chi connectivity index (χ4n) is 0.910. The minimum absolute atomic E-state index is 0.333. The third kappa shape index (κ3) is 4.31. The van der Waals surface area contributed by atoms with E-state index in [0.717, 1.165) is 5.57 Å². The van der Waals surface area contributed by atoms with E-state index in [9.17, 15) is 4.79 Å². The van der Waals surface area contributed by atoms with Crippen LogP contribution in [-0.2, 0) is 4.79 Å². The van der Waals surface area contributed by atoms with Crippen molar-refractivity contribution in [3.63, 3.8) is 0 Å². The summed E-state index contributed by atoms with van der Waals surface area (Å²) in [6, 6.07) is 0. The van der Waals surface area contributed by atoms with E-state index in [1.165, 1.54) is 0 Å². The summed E-state index contributed by atoms with van der Waals surface area (Å²) in [6.07, 6.45) is 8.23. The Morgan fingerprint density at radius 3 is 2.54 bits per heavy atom. The number of allylic oxidation sites excluding steroid dienone is 5. The van der Waals surface area contributed by atoms with Gasteiger partial charge in [0.2, 0.25) is 5.91 Å². The zero-order chi connectivity index (χ0) is 10.3. The van der Waals surface area contributed by atoms with Crippen LogP contribution >= 0.6 is 0 Å². The van der Waals surface area contributed by atoms with Gasteiger partial charge in [0.1, 0.15) is 0 Å². The van der Waals surface area contributed by atoms with Gasteiger partial charge >= 0.3 is 0 Å². The molecule has 0 unspecified atom stereocenters. The fraction of sp³-hybridized carbons (Fsp3) is 0.364. The molecule has 0 radical (unpaired) electrons. The summed E-state index contributed by atoms with van der Waals surface area (Å²) in [5.74, 6) is -0.333. The largest absolute Gasteiger partial charge is 0.366 e. The molecule has 2 N–H and O–H groups in total. The quantitative estimate of drug-likeness (QED) is 0.659. The first-order chi connectivity index (χ1) is 6.20. The van der Waals surface area contributed by atoms with Crippen molar-refractivity contribution in [3.8, 4) is 0 Å². The molecule has 0 heterocycles. The van der Waals surface area contributed by atoms with Crippen molar-refractivity contribution >= 4 is 5.91 Å². The van der Waals surface area contributed by atoms with E-state index in [-0.39, 0.29) is 5.91 Å². The predicted molar refractivity (Wildman–Crippen MR) is 56.1 cm³/mol. The van der Waals surface area contributed by atoms with Crippen molar-refractivity contribution in [1.29, 1.82) is 0 Å². The minimum Gasteiger partial charge on any atom is -0.366 e. The molecule has 0 saturated heterocycles. The molecule has 0 fully saturated rings. The van der Waals surface area contributed by atoms with Crippen LogP contribution in [0.2, 0.25) is 0 Å². The summed E-state index contributed by atoms with van der Waals surface area (Å²) < 4.78 is 0. The third-order valence-corrected chi connectivity index (χ3v) is 1.58. The van der Waals surface area contributed by atoms with Crippen LogP contribution < -0.4 is 5.73 Å². The second kappa shape index (κ2) is 6.23. The smallest absolute Gasteiger partial charge is 0.244 e. The summed E-state index contributed by atoms with van der Waals surface area (Å²) in [4.78, 5) is 10.7. The highest BCUT2D eigenvalue weighted by atomic mass is 16.1. The van der Waals surface area contributed by atoms with Crippen molar-refractivity contribution in [2.45, 2.75) is 27.2 Å². The van der Waals surface area contributed by atoms with Crippen molar-refractivity contribution in [2.75, 3.05) is 0 Å². The van der Waals surface area contributed by atoms with E-state index in [1.807, 2.05) is 39.0 Å². The van der Waals surface area contributed by atoms with Crippen LogP contribution in [0.25, 0.3) is 0 Å². The average molecular weight is 179 g/mol. The number of rotatable bonds is 1. The van der Waals surface area contributed by atoms with Crippen LogP contribution in [0.15, 0.2) is 35.5 Å². The number of nitrogens with two attached hydrogens (primary N) is 1. The molecule has 0 aliphatic heterocycles. The van der Waals surface area contributed by atoms with Gasteiger partial charge < -0.3 is 5.73 Å². The number of hydrogen-bond donors (Lipinski definition) is 1. The number of carbonyl (C=O) groups is 1. The van der Waals surface area contributed by atoms with E-state index in [4.69, 9.17) is 5.73 Å². The predicted octanol–water partition coefficient (Wildman–Crippen LogP) is 2.33. The molecule has 72 valence electrons. The Labute approximate surface area is 79.8 Å². The lowest BCUT2D eigenvalue weighted by molar-refractivity contribution is -0.114. The van der Waals surface area contributed by atoms with Crippen LogP contribution in [0.3, 0.4) is 0 Å². The molecule has 1 rings (SSSR count). The van der Waals surface area contributed by atoms with Gasteiger partial charge in [-0.05, 0) is 13.3 Å². The minimum atomic E-state index is -0.333. The van der Waals surface area contributed by atoms with Crippen LogP contribution in [0.4, 0.5) is 0 Å². The SMILES string of the molecule is CC.CC1=CC=C(C(N)=O)CC=C1. The number of primary amides is 1. The van der Waals surface area contributed by atoms with E-state index in [0.29, 0.717) is 12.0 Å². The number of hydrogen-bond acceptors (Lipinski definition) is 1. The Bertz CT molecular complexity index is 259. The average Bonchev–Trinajstić information content (AvgIpc) is 2.33. The Morgan fingerprint density at radius 2 is 2.00 bits per heavy atom. The second-order valence-electron chi connectivity index (χ2n) is 2.57. The monoisotopic (exact) mass is 179 g/mol. The maximum atomic E-state index is 10.7. The molecule has 0 aromatic rings. The molecule has 2 nitrogen and oxygen atoms in total. The lowest BCUT2D eigenvalue weighted by Crippen LogP contribution is -2.12. The maximum absolute atomic E-state index is 10.7. The highest BCUT2D eigenvalue weighted by molar-refractivity contribution is 5.92. The summed E-state index contributed by atoms with van der Waals surface area (Å²) in [7, 11) is 0. The van der Waals surface area contributed by atoms with Gasteiger partial charge in [0.15, 0.2) is 0 Å². The molecular formula is C11H17NO. The molecule has 0 bridgehead atoms. The highest BCUT2D eigenvalue weighted by Gasteiger charge is 2.02. The van der Waals surface area contributed by atoms with Crippen molar-refractivity contribution in [3.05, 3.63) is 35.5 Å². The summed E-state index contributed by atoms with van der Waals surface area (Å²) in [5.41, 5.74) is 6.92. The standard InChI is InChI=1S/C9H11NO.C2H6/c1-7-3-2-4-8(6-5-7)9(10)11;1-2/h2-3,5-6H,4H2,1H3,(H2,10,11);1-2H3. The molecule has 1 amide bonds. The lowest BCUT2D eigenvalue weighted by atomic mass is 10.2. The Morgan fingerprint density at radius 1 is 1.38 bits per heavy atom. The van der Waals surface area contributed by atoms with Gasteiger partial charge in [0.25, 0.3) is 0 Å². The zero-order valence-electron chi connectivity index (χ0n) is 8.50. The van der Waals surface area contributed by atoms with Gasteiger partial charge in [-0.25, -0.2) is 0 Å². The normalized spacial score (nSPS) is 14.7. The molecular weight excluding hydrogens is 162 g/mol. The molecule has 0 aromatic heterocycles. The molecule has 0 spiro atoms. The van der Waals surface area contributed by atoms with Gasteiger partial charge in [-0.15, -0.1) is 0 Å². The summed E-state index contributed by atoms with van der Waals surface area (Å²) in [6.45, 7) is 5.98. The van der Waals surface area contributed by atoms with E-state index in [2.05, 4.69) is 0 Å². The fourth-order valence-corrected chi connectivity index (χ4v) is 0.910. The summed E-state index contributed by atoms with van der Waals surface area (Å²) in [5, 5.41) is 0. The first-order valence-electron chi connectivity index (χ1n) is 4.54. The van der Waals surface area contributed by atoms with E-state index < -0.39 is 0 Å². The molecule has 1 aliphatic rings. The van der Waals surface area contributed by atoms with Crippen LogP contribution in [0.1, 0.15) is 27.2 Å². The van der Waals surface area contributed by atoms with Gasteiger partial charge in [-0.1, -0.05) is 43.7 Å². The first kappa shape index (κ1) is 11.7. The maximum Gasteiger partial charge on any atom is 0.244 e. The van der Waals surface area contributed by atoms with Crippen LogP contribution in [0.5, 0.6) is 0 Å². The van der Waals surface area contributed by atoms with Crippen molar-refractivity contribution in [2.24, 2.45) is 5.73 Å². The van der Waals surface area contributed by atoms with Gasteiger partial charge in [0, 0.05) is 5.57 Å². The topological polar surface area (TPSA) is 43.1 Å². The molecule has 2 heteroatoms. The molecule has 0 aromatic carbocycles. The molecule has 0 saturated carbocycles. The molecule has 0 atom stereocenters. The lowest BCUT2D eigenvalue weighted by Gasteiger charge is -1.93. The van der Waals surface area contributed by atoms with E-state index in [1.54, 1.807) is 6.08 Å². The molecule has 13 heavy (non-hydrogen) atoms. The Kier molecular flexibility index (Phi) is 5.60. The Hall–Kier alpha value is -1.31. The van der Waals surface area contributed by atoms with Crippen LogP contribution in [-0.4, -0.2) is 5.91 Å². The summed E-state index contributed by atoms with van der Waals surface area (Å²) >= 11 is 0. The van der Waals surface area contributed by atoms with Gasteiger partial charge in [-0.2, -0.15) is 0 Å². The number of amides is 1. The Balaban J connectivity index is 0.000000671. The zero-order valence-corrected chi connectivity index (χ0v) is 8.50. The van der Waals surface area contributed by atoms with Gasteiger partial charge in [0.05, 0.1) is 0 Å². The highest BCUT2D eigenvalue weighted by Crippen LogP contribution is 2.09. The van der Waals surface area contributed by atoms with E-state index >= 15 is 0 Å². The van der Waals surface area contributed by atoms with Crippen molar-refractivity contribution in [1.82, 2.24) is 0 Å². The first-order valence-corrected chi connectivity index (χ1v) is 4.54.